The zero-order valence-electron chi connectivity index (χ0n) is 17.6. The lowest BCUT2D eigenvalue weighted by Crippen LogP contribution is -2.38. The number of benzene rings is 2. The summed E-state index contributed by atoms with van der Waals surface area (Å²) in [6.45, 7) is 2.48. The summed E-state index contributed by atoms with van der Waals surface area (Å²) in [5.41, 5.74) is 2.79. The molecule has 7 nitrogen and oxygen atoms in total. The Kier molecular flexibility index (Phi) is 6.50. The number of rotatable bonds is 6. The first kappa shape index (κ1) is 22.0. The third-order valence-electron chi connectivity index (χ3n) is 5.44. The van der Waals surface area contributed by atoms with Gasteiger partial charge in [-0.05, 0) is 48.7 Å². The van der Waals surface area contributed by atoms with E-state index in [9.17, 15) is 14.4 Å². The highest BCUT2D eigenvalue weighted by Gasteiger charge is 2.32. The minimum absolute atomic E-state index is 0.00544. The topological polar surface area (TPSA) is 84.3 Å². The van der Waals surface area contributed by atoms with Crippen LogP contribution in [0, 0.1) is 0 Å². The molecule has 0 spiro atoms. The zero-order valence-corrected chi connectivity index (χ0v) is 19.2. The van der Waals surface area contributed by atoms with Gasteiger partial charge in [-0.15, -0.1) is 0 Å². The molecule has 32 heavy (non-hydrogen) atoms. The predicted molar refractivity (Wildman–Crippen MR) is 126 cm³/mol. The van der Waals surface area contributed by atoms with Crippen molar-refractivity contribution in [3.8, 4) is 0 Å². The van der Waals surface area contributed by atoms with E-state index < -0.39 is 0 Å². The van der Waals surface area contributed by atoms with Gasteiger partial charge in [0.2, 0.25) is 5.91 Å². The summed E-state index contributed by atoms with van der Waals surface area (Å²) in [6, 6.07) is 18.2. The minimum atomic E-state index is -0.351. The van der Waals surface area contributed by atoms with Gasteiger partial charge in [0.05, 0.1) is 6.54 Å². The van der Waals surface area contributed by atoms with E-state index in [4.69, 9.17) is 0 Å². The first-order valence-corrected chi connectivity index (χ1v) is 11.2. The van der Waals surface area contributed by atoms with Crippen molar-refractivity contribution < 1.29 is 9.59 Å². The quantitative estimate of drug-likeness (QED) is 0.569. The number of anilines is 1. The van der Waals surface area contributed by atoms with Gasteiger partial charge >= 0.3 is 0 Å². The first-order chi connectivity index (χ1) is 15.4. The number of hydrogen-bond acceptors (Lipinski definition) is 4. The summed E-state index contributed by atoms with van der Waals surface area (Å²) in [5.74, 6) is -0.451. The van der Waals surface area contributed by atoms with Gasteiger partial charge < -0.3 is 10.2 Å². The van der Waals surface area contributed by atoms with E-state index in [-0.39, 0.29) is 42.1 Å². The van der Waals surface area contributed by atoms with E-state index >= 15 is 0 Å². The lowest BCUT2D eigenvalue weighted by atomic mass is 10.1. The molecule has 0 saturated heterocycles. The third kappa shape index (κ3) is 4.80. The predicted octanol–water partition coefficient (Wildman–Crippen LogP) is 3.30. The van der Waals surface area contributed by atoms with E-state index in [1.165, 1.54) is 16.8 Å². The highest BCUT2D eigenvalue weighted by Crippen LogP contribution is 2.32. The molecular formula is C24H23BrN4O3. The van der Waals surface area contributed by atoms with Crippen LogP contribution in [0.4, 0.5) is 5.69 Å². The molecule has 8 heteroatoms. The van der Waals surface area contributed by atoms with Crippen molar-refractivity contribution >= 4 is 33.4 Å². The Morgan fingerprint density at radius 1 is 1.12 bits per heavy atom. The van der Waals surface area contributed by atoms with Crippen molar-refractivity contribution in [1.29, 1.82) is 0 Å². The number of aryl methyl sites for hydroxylation is 1. The number of halogens is 1. The van der Waals surface area contributed by atoms with Gasteiger partial charge in [-0.3, -0.25) is 14.4 Å². The van der Waals surface area contributed by atoms with Gasteiger partial charge in [-0.2, -0.15) is 5.10 Å². The van der Waals surface area contributed by atoms with Crippen LogP contribution in [-0.2, 0) is 24.3 Å². The lowest BCUT2D eigenvalue weighted by Gasteiger charge is -2.22. The van der Waals surface area contributed by atoms with Crippen molar-refractivity contribution in [2.24, 2.45) is 0 Å². The van der Waals surface area contributed by atoms with Crippen molar-refractivity contribution in [2.75, 3.05) is 4.90 Å². The molecule has 0 aliphatic carbocycles. The van der Waals surface area contributed by atoms with Gasteiger partial charge in [0.25, 0.3) is 11.5 Å². The Labute approximate surface area is 194 Å². The molecule has 4 rings (SSSR count). The largest absolute Gasteiger partial charge is 0.352 e. The number of nitrogens with zero attached hydrogens (tertiary/aromatic N) is 3. The number of hydrogen-bond donors (Lipinski definition) is 1. The number of aromatic nitrogens is 2. The lowest BCUT2D eigenvalue weighted by molar-refractivity contribution is -0.121. The van der Waals surface area contributed by atoms with Crippen molar-refractivity contribution in [1.82, 2.24) is 15.1 Å². The number of fused-ring (bicyclic) bond motifs is 1. The van der Waals surface area contributed by atoms with Crippen LogP contribution in [0.5, 0.6) is 0 Å². The van der Waals surface area contributed by atoms with Crippen LogP contribution in [0.25, 0.3) is 0 Å². The standard InChI is InChI=1S/C24H23BrN4O3/c1-16-13-18-6-2-3-8-21(18)29(16)24(32)20-9-10-23(31)28(27-20)12-11-22(30)26-15-17-5-4-7-19(25)14-17/h2-10,14,16H,11-13,15H2,1H3,(H,26,30)/t16-/m1/s1. The van der Waals surface area contributed by atoms with Gasteiger partial charge in [0.1, 0.15) is 5.69 Å². The molecule has 3 aromatic rings. The van der Waals surface area contributed by atoms with Gasteiger partial charge in [-0.25, -0.2) is 4.68 Å². The fourth-order valence-electron chi connectivity index (χ4n) is 3.86. The van der Waals surface area contributed by atoms with Crippen molar-refractivity contribution in [3.63, 3.8) is 0 Å². The Morgan fingerprint density at radius 3 is 2.75 bits per heavy atom. The maximum absolute atomic E-state index is 13.2. The van der Waals surface area contributed by atoms with Crippen LogP contribution in [0.1, 0.15) is 35.0 Å². The van der Waals surface area contributed by atoms with Crippen LogP contribution in [0.2, 0.25) is 0 Å². The second kappa shape index (κ2) is 9.48. The molecule has 1 atom stereocenters. The molecule has 2 aromatic carbocycles. The van der Waals surface area contributed by atoms with Crippen LogP contribution in [0.15, 0.2) is 69.9 Å². The highest BCUT2D eigenvalue weighted by atomic mass is 79.9. The molecule has 0 saturated carbocycles. The SMILES string of the molecule is C[C@@H]1Cc2ccccc2N1C(=O)c1ccc(=O)n(CCC(=O)NCc2cccc(Br)c2)n1. The minimum Gasteiger partial charge on any atom is -0.352 e. The molecule has 0 bridgehead atoms. The molecule has 1 aromatic heterocycles. The number of para-hydroxylation sites is 1. The Bertz CT molecular complexity index is 1220. The van der Waals surface area contributed by atoms with Crippen LogP contribution >= 0.6 is 15.9 Å². The number of carbonyl (C=O) groups is 2. The average molecular weight is 495 g/mol. The summed E-state index contributed by atoms with van der Waals surface area (Å²) in [6.07, 6.45) is 0.862. The molecule has 0 fully saturated rings. The zero-order chi connectivity index (χ0) is 22.7. The van der Waals surface area contributed by atoms with Gasteiger partial charge in [0, 0.05) is 35.2 Å². The Morgan fingerprint density at radius 2 is 1.94 bits per heavy atom. The van der Waals surface area contributed by atoms with E-state index in [2.05, 4.69) is 26.3 Å². The molecular weight excluding hydrogens is 472 g/mol. The highest BCUT2D eigenvalue weighted by molar-refractivity contribution is 9.10. The van der Waals surface area contributed by atoms with E-state index in [0.717, 1.165) is 27.7 Å². The fraction of sp³-hybridized carbons (Fsp3) is 0.250. The normalized spacial score (nSPS) is 14.8. The van der Waals surface area contributed by atoms with Crippen molar-refractivity contribution in [2.45, 2.75) is 38.9 Å². The van der Waals surface area contributed by atoms with Gasteiger partial charge in [-0.1, -0.05) is 46.3 Å². The second-order valence-electron chi connectivity index (χ2n) is 7.79. The summed E-state index contributed by atoms with van der Waals surface area (Å²) >= 11 is 3.40. The van der Waals surface area contributed by atoms with Crippen LogP contribution in [0.3, 0.4) is 0 Å². The average Bonchev–Trinajstić information content (AvgIpc) is 3.12. The number of amides is 2. The third-order valence-corrected chi connectivity index (χ3v) is 5.93. The summed E-state index contributed by atoms with van der Waals surface area (Å²) < 4.78 is 2.12. The van der Waals surface area contributed by atoms with Crippen molar-refractivity contribution in [3.05, 3.63) is 92.3 Å². The molecule has 2 amide bonds. The summed E-state index contributed by atoms with van der Waals surface area (Å²) in [4.78, 5) is 39.4. The van der Waals surface area contributed by atoms with E-state index in [0.29, 0.717) is 6.54 Å². The molecule has 164 valence electrons. The van der Waals surface area contributed by atoms with Gasteiger partial charge in [0.15, 0.2) is 0 Å². The Balaban J connectivity index is 1.42. The molecule has 1 N–H and O–H groups in total. The maximum atomic E-state index is 13.2. The smallest absolute Gasteiger partial charge is 0.278 e. The maximum Gasteiger partial charge on any atom is 0.278 e. The Hall–Kier alpha value is -3.26. The first-order valence-electron chi connectivity index (χ1n) is 10.4. The van der Waals surface area contributed by atoms with E-state index in [1.54, 1.807) is 4.90 Å². The summed E-state index contributed by atoms with van der Waals surface area (Å²) in [7, 11) is 0. The molecule has 2 heterocycles. The van der Waals surface area contributed by atoms with Crippen LogP contribution < -0.4 is 15.8 Å². The fourth-order valence-corrected chi connectivity index (χ4v) is 4.31. The van der Waals surface area contributed by atoms with E-state index in [1.807, 2.05) is 55.5 Å². The molecule has 0 radical (unpaired) electrons. The molecule has 1 aliphatic rings. The number of nitrogens with one attached hydrogen (secondary N) is 1. The van der Waals surface area contributed by atoms with Crippen LogP contribution in [-0.4, -0.2) is 27.6 Å². The summed E-state index contributed by atoms with van der Waals surface area (Å²) in [5, 5.41) is 7.09. The second-order valence-corrected chi connectivity index (χ2v) is 8.71. The molecule has 1 aliphatic heterocycles. The monoisotopic (exact) mass is 494 g/mol. The molecule has 0 unspecified atom stereocenters. The number of carbonyl (C=O) groups excluding carboxylic acids is 2.